The smallest absolute Gasteiger partial charge is 0.349 e. The highest BCUT2D eigenvalue weighted by atomic mass is 16.4. The van der Waals surface area contributed by atoms with Gasteiger partial charge >= 0.3 is 5.63 Å². The van der Waals surface area contributed by atoms with E-state index in [0.717, 1.165) is 42.6 Å². The van der Waals surface area contributed by atoms with Crippen molar-refractivity contribution in [3.05, 3.63) is 39.7 Å². The van der Waals surface area contributed by atoms with Gasteiger partial charge in [0, 0.05) is 18.5 Å². The van der Waals surface area contributed by atoms with Gasteiger partial charge in [-0.05, 0) is 37.5 Å². The Kier molecular flexibility index (Phi) is 3.78. The van der Waals surface area contributed by atoms with E-state index in [-0.39, 0.29) is 5.56 Å². The number of carbonyl (C=O) groups is 1. The quantitative estimate of drug-likeness (QED) is 0.627. The number of aldehydes is 1. The fourth-order valence-electron chi connectivity index (χ4n) is 3.05. The normalized spacial score (nSPS) is 16.0. The second kappa shape index (κ2) is 5.72. The van der Waals surface area contributed by atoms with Gasteiger partial charge in [-0.1, -0.05) is 18.9 Å². The molecule has 0 amide bonds. The zero-order valence-electron chi connectivity index (χ0n) is 12.2. The van der Waals surface area contributed by atoms with Crippen LogP contribution in [0, 0.1) is 6.92 Å². The number of hydrogen-bond acceptors (Lipinski definition) is 4. The first-order valence-electron chi connectivity index (χ1n) is 7.48. The Labute approximate surface area is 123 Å². The van der Waals surface area contributed by atoms with Crippen LogP contribution < -0.4 is 10.5 Å². The van der Waals surface area contributed by atoms with Gasteiger partial charge in [-0.2, -0.15) is 0 Å². The molecule has 1 aromatic carbocycles. The van der Waals surface area contributed by atoms with Crippen molar-refractivity contribution in [1.29, 1.82) is 0 Å². The first-order chi connectivity index (χ1) is 10.2. The molecule has 0 radical (unpaired) electrons. The summed E-state index contributed by atoms with van der Waals surface area (Å²) in [6, 6.07) is 5.78. The highest BCUT2D eigenvalue weighted by molar-refractivity contribution is 5.99. The summed E-state index contributed by atoms with van der Waals surface area (Å²) in [7, 11) is 0. The SMILES string of the molecule is Cc1ccc2c(N3CCCCCC3)c(C=O)c(=O)oc2c1. The zero-order chi connectivity index (χ0) is 14.8. The van der Waals surface area contributed by atoms with Gasteiger partial charge in [0.15, 0.2) is 6.29 Å². The molecule has 4 heteroatoms. The summed E-state index contributed by atoms with van der Waals surface area (Å²) in [4.78, 5) is 25.7. The molecule has 0 bridgehead atoms. The summed E-state index contributed by atoms with van der Waals surface area (Å²) in [5.74, 6) is 0. The van der Waals surface area contributed by atoms with Crippen LogP contribution in [-0.4, -0.2) is 19.4 Å². The molecule has 1 aromatic heterocycles. The number of anilines is 1. The fraction of sp³-hybridized carbons (Fsp3) is 0.412. The number of rotatable bonds is 2. The van der Waals surface area contributed by atoms with Crippen LogP contribution in [0.1, 0.15) is 41.6 Å². The van der Waals surface area contributed by atoms with Gasteiger partial charge in [-0.15, -0.1) is 0 Å². The van der Waals surface area contributed by atoms with Crippen LogP contribution in [0.25, 0.3) is 11.0 Å². The summed E-state index contributed by atoms with van der Waals surface area (Å²) >= 11 is 0. The number of benzene rings is 1. The second-order valence-corrected chi connectivity index (χ2v) is 5.67. The molecule has 4 nitrogen and oxygen atoms in total. The molecule has 0 N–H and O–H groups in total. The first-order valence-corrected chi connectivity index (χ1v) is 7.48. The molecule has 0 atom stereocenters. The zero-order valence-corrected chi connectivity index (χ0v) is 12.2. The van der Waals surface area contributed by atoms with E-state index in [1.165, 1.54) is 12.8 Å². The van der Waals surface area contributed by atoms with Crippen molar-refractivity contribution in [2.75, 3.05) is 18.0 Å². The van der Waals surface area contributed by atoms with Crippen molar-refractivity contribution in [1.82, 2.24) is 0 Å². The molecular formula is C17H19NO3. The summed E-state index contributed by atoms with van der Waals surface area (Å²) in [6.45, 7) is 3.72. The van der Waals surface area contributed by atoms with Crippen LogP contribution >= 0.6 is 0 Å². The van der Waals surface area contributed by atoms with E-state index < -0.39 is 5.63 Å². The lowest BCUT2D eigenvalue weighted by atomic mass is 10.1. The average molecular weight is 285 g/mol. The van der Waals surface area contributed by atoms with Crippen molar-refractivity contribution in [3.63, 3.8) is 0 Å². The number of carbonyl (C=O) groups excluding carboxylic acids is 1. The Morgan fingerprint density at radius 3 is 2.52 bits per heavy atom. The molecule has 1 saturated heterocycles. The maximum absolute atomic E-state index is 12.1. The summed E-state index contributed by atoms with van der Waals surface area (Å²) in [5, 5.41) is 0.851. The van der Waals surface area contributed by atoms with Crippen molar-refractivity contribution < 1.29 is 9.21 Å². The highest BCUT2D eigenvalue weighted by Gasteiger charge is 2.20. The number of hydrogen-bond donors (Lipinski definition) is 0. The molecule has 110 valence electrons. The predicted octanol–water partition coefficient (Wildman–Crippen LogP) is 3.29. The van der Waals surface area contributed by atoms with Crippen molar-refractivity contribution in [3.8, 4) is 0 Å². The third-order valence-corrected chi connectivity index (χ3v) is 4.11. The molecule has 2 aromatic rings. The molecule has 0 spiro atoms. The average Bonchev–Trinajstić information content (AvgIpc) is 2.74. The van der Waals surface area contributed by atoms with E-state index in [1.54, 1.807) is 0 Å². The van der Waals surface area contributed by atoms with E-state index in [9.17, 15) is 9.59 Å². The number of fused-ring (bicyclic) bond motifs is 1. The van der Waals surface area contributed by atoms with Crippen molar-refractivity contribution >= 4 is 22.9 Å². The molecule has 21 heavy (non-hydrogen) atoms. The van der Waals surface area contributed by atoms with E-state index in [2.05, 4.69) is 4.90 Å². The highest BCUT2D eigenvalue weighted by Crippen LogP contribution is 2.30. The molecule has 1 aliphatic heterocycles. The van der Waals surface area contributed by atoms with Crippen LogP contribution in [0.2, 0.25) is 0 Å². The van der Waals surface area contributed by atoms with Gasteiger partial charge in [0.05, 0.1) is 5.69 Å². The minimum Gasteiger partial charge on any atom is -0.422 e. The first kappa shape index (κ1) is 13.9. The lowest BCUT2D eigenvalue weighted by Crippen LogP contribution is -2.27. The van der Waals surface area contributed by atoms with E-state index in [4.69, 9.17) is 4.42 Å². The van der Waals surface area contributed by atoms with Crippen LogP contribution in [0.3, 0.4) is 0 Å². The summed E-state index contributed by atoms with van der Waals surface area (Å²) in [5.41, 5.74) is 1.95. The number of nitrogens with zero attached hydrogens (tertiary/aromatic N) is 1. The van der Waals surface area contributed by atoms with Gasteiger partial charge in [-0.3, -0.25) is 4.79 Å². The largest absolute Gasteiger partial charge is 0.422 e. The Hall–Kier alpha value is -2.10. The second-order valence-electron chi connectivity index (χ2n) is 5.67. The fourth-order valence-corrected chi connectivity index (χ4v) is 3.05. The number of aryl methyl sites for hydroxylation is 1. The maximum atomic E-state index is 12.1. The lowest BCUT2D eigenvalue weighted by Gasteiger charge is -2.25. The lowest BCUT2D eigenvalue weighted by molar-refractivity contribution is 0.112. The van der Waals surface area contributed by atoms with Crippen LogP contribution in [0.15, 0.2) is 27.4 Å². The van der Waals surface area contributed by atoms with Crippen molar-refractivity contribution in [2.45, 2.75) is 32.6 Å². The van der Waals surface area contributed by atoms with Crippen LogP contribution in [-0.2, 0) is 0 Å². The van der Waals surface area contributed by atoms with Crippen molar-refractivity contribution in [2.24, 2.45) is 0 Å². The Morgan fingerprint density at radius 1 is 1.14 bits per heavy atom. The molecule has 1 aliphatic rings. The predicted molar refractivity (Wildman–Crippen MR) is 83.3 cm³/mol. The topological polar surface area (TPSA) is 50.5 Å². The standard InChI is InChI=1S/C17H19NO3/c1-12-6-7-13-15(10-12)21-17(20)14(11-19)16(13)18-8-4-2-3-5-9-18/h6-7,10-11H,2-5,8-9H2,1H3. The van der Waals surface area contributed by atoms with Crippen LogP contribution in [0.5, 0.6) is 0 Å². The van der Waals surface area contributed by atoms with Gasteiger partial charge in [0.25, 0.3) is 0 Å². The molecule has 2 heterocycles. The molecule has 0 aliphatic carbocycles. The molecule has 0 unspecified atom stereocenters. The van der Waals surface area contributed by atoms with E-state index in [1.807, 2.05) is 25.1 Å². The summed E-state index contributed by atoms with van der Waals surface area (Å²) in [6.07, 6.45) is 5.21. The van der Waals surface area contributed by atoms with Gasteiger partial charge in [-0.25, -0.2) is 4.79 Å². The molecule has 3 rings (SSSR count). The summed E-state index contributed by atoms with van der Waals surface area (Å²) < 4.78 is 5.31. The molecule has 1 fully saturated rings. The Morgan fingerprint density at radius 2 is 1.86 bits per heavy atom. The Balaban J connectivity index is 2.26. The maximum Gasteiger partial charge on any atom is 0.349 e. The van der Waals surface area contributed by atoms with E-state index >= 15 is 0 Å². The van der Waals surface area contributed by atoms with E-state index in [0.29, 0.717) is 11.9 Å². The van der Waals surface area contributed by atoms with Gasteiger partial charge < -0.3 is 9.32 Å². The third-order valence-electron chi connectivity index (χ3n) is 4.11. The third kappa shape index (κ3) is 2.58. The minimum atomic E-state index is -0.539. The van der Waals surface area contributed by atoms with Crippen LogP contribution in [0.4, 0.5) is 5.69 Å². The van der Waals surface area contributed by atoms with Gasteiger partial charge in [0.2, 0.25) is 0 Å². The Bertz CT molecular complexity index is 725. The minimum absolute atomic E-state index is 0.147. The molecule has 0 saturated carbocycles. The molecular weight excluding hydrogens is 266 g/mol. The monoisotopic (exact) mass is 285 g/mol. The van der Waals surface area contributed by atoms with Gasteiger partial charge in [0.1, 0.15) is 11.1 Å².